The van der Waals surface area contributed by atoms with Crippen molar-refractivity contribution in [3.63, 3.8) is 0 Å². The molecule has 2 rings (SSSR count). The van der Waals surface area contributed by atoms with Crippen LogP contribution in [0.2, 0.25) is 0 Å². The van der Waals surface area contributed by atoms with Crippen LogP contribution in [0, 0.1) is 18.2 Å². The van der Waals surface area contributed by atoms with Crippen molar-refractivity contribution >= 4 is 29.8 Å². The number of nitrogens with zero attached hydrogens (tertiary/aromatic N) is 1. The van der Waals surface area contributed by atoms with E-state index in [9.17, 15) is 33.6 Å². The van der Waals surface area contributed by atoms with Crippen LogP contribution in [0.1, 0.15) is 27.0 Å². The highest BCUT2D eigenvalue weighted by Gasteiger charge is 2.61. The molecule has 0 aliphatic carbocycles. The molecule has 16 heteroatoms. The van der Waals surface area contributed by atoms with Gasteiger partial charge in [-0.3, -0.25) is 19.1 Å². The van der Waals surface area contributed by atoms with Gasteiger partial charge in [0.15, 0.2) is 11.8 Å². The Hall–Kier alpha value is -2.33. The number of hydrogen-bond donors (Lipinski definition) is 4. The third-order valence-electron chi connectivity index (χ3n) is 4.49. The Bertz CT molecular complexity index is 1090. The van der Waals surface area contributed by atoms with E-state index < -0.39 is 72.8 Å². The first-order chi connectivity index (χ1) is 15.1. The fraction of sp³-hybridized carbons (Fsp3) is 0.588. The first-order valence-electron chi connectivity index (χ1n) is 9.39. The molecule has 0 amide bonds. The monoisotopic (exact) mass is 482 g/mol. The zero-order valence-electron chi connectivity index (χ0n) is 17.7. The number of ether oxygens (including phenoxy) is 2. The van der Waals surface area contributed by atoms with Crippen LogP contribution in [-0.4, -0.2) is 76.8 Å². The molecular weight excluding hydrogens is 462 g/mol. The summed E-state index contributed by atoms with van der Waals surface area (Å²) in [5.74, 6) is -0.367. The Balaban J connectivity index is 2.27. The molecule has 1 fully saturated rings. The number of carbonyl (C=O) groups is 1. The smallest absolute Gasteiger partial charge is 0.462 e. The average molecular weight is 482 g/mol. The fourth-order valence-electron chi connectivity index (χ4n) is 2.88. The van der Waals surface area contributed by atoms with E-state index in [1.807, 2.05) is 5.92 Å². The highest BCUT2D eigenvalue weighted by Crippen LogP contribution is 2.42. The molecule has 0 spiro atoms. The van der Waals surface area contributed by atoms with E-state index in [4.69, 9.17) is 36.1 Å². The summed E-state index contributed by atoms with van der Waals surface area (Å²) in [6.45, 7) is 4.53. The molecule has 4 radical (unpaired) electrons. The van der Waals surface area contributed by atoms with E-state index in [0.29, 0.717) is 10.8 Å². The number of carbonyl (C=O) groups excluding carboxylic acids is 1. The molecule has 174 valence electrons. The van der Waals surface area contributed by atoms with E-state index in [0.717, 1.165) is 0 Å². The number of hydrogen-bond acceptors (Lipinski definition) is 9. The van der Waals surface area contributed by atoms with Crippen molar-refractivity contribution in [1.29, 1.82) is 0 Å². The SMILES string of the molecule is [B]C([B])(O[P+](=O)N[C@@H](C)C(=O)OC(C)C)C1O[C@@H](n2cc(F)c(=O)[nH]c2=O)[C@@](O)(C#C)C1O. The van der Waals surface area contributed by atoms with Gasteiger partial charge in [-0.15, -0.1) is 10.9 Å². The molecule has 4 N–H and O–H groups in total. The van der Waals surface area contributed by atoms with Gasteiger partial charge in [-0.05, 0) is 25.3 Å². The number of rotatable bonds is 8. The molecule has 0 aromatic carbocycles. The Labute approximate surface area is 190 Å². The molecule has 33 heavy (non-hydrogen) atoms. The predicted molar refractivity (Wildman–Crippen MR) is 112 cm³/mol. The number of aromatic nitrogens is 2. The Morgan fingerprint density at radius 1 is 1.48 bits per heavy atom. The summed E-state index contributed by atoms with van der Waals surface area (Å²) in [5, 5.41) is 20.9. The van der Waals surface area contributed by atoms with Crippen molar-refractivity contribution in [2.75, 3.05) is 0 Å². The van der Waals surface area contributed by atoms with Gasteiger partial charge in [-0.1, -0.05) is 11.0 Å². The normalized spacial score (nSPS) is 26.6. The van der Waals surface area contributed by atoms with Crippen LogP contribution in [0.15, 0.2) is 15.8 Å². The summed E-state index contributed by atoms with van der Waals surface area (Å²) in [7, 11) is 8.60. The maximum atomic E-state index is 13.7. The zero-order chi connectivity index (χ0) is 25.3. The Kier molecular flexibility index (Phi) is 8.06. The minimum absolute atomic E-state index is 0.373. The van der Waals surface area contributed by atoms with Crippen LogP contribution < -0.4 is 16.3 Å². The Morgan fingerprint density at radius 2 is 2.09 bits per heavy atom. The molecule has 1 saturated heterocycles. The number of terminal acetylenes is 1. The minimum atomic E-state index is -2.97. The van der Waals surface area contributed by atoms with Crippen molar-refractivity contribution < 1.29 is 38.0 Å². The lowest BCUT2D eigenvalue weighted by atomic mass is 9.60. The maximum absolute atomic E-state index is 13.7. The number of H-pyrrole nitrogens is 1. The second kappa shape index (κ2) is 9.89. The number of nitrogens with one attached hydrogen (secondary N) is 2. The number of aromatic amines is 1. The van der Waals surface area contributed by atoms with Crippen molar-refractivity contribution in [3.05, 3.63) is 32.9 Å². The van der Waals surface area contributed by atoms with Crippen LogP contribution in [0.5, 0.6) is 0 Å². The molecule has 2 heterocycles. The molecule has 12 nitrogen and oxygen atoms in total. The molecule has 3 unspecified atom stereocenters. The highest BCUT2D eigenvalue weighted by molar-refractivity contribution is 7.37. The quantitative estimate of drug-likeness (QED) is 0.139. The second-order valence-corrected chi connectivity index (χ2v) is 8.46. The Morgan fingerprint density at radius 3 is 2.64 bits per heavy atom. The predicted octanol–water partition coefficient (Wildman–Crippen LogP) is -2.11. The van der Waals surface area contributed by atoms with E-state index in [1.165, 1.54) is 6.92 Å². The molecule has 1 aromatic heterocycles. The van der Waals surface area contributed by atoms with E-state index in [-0.39, 0.29) is 0 Å². The molecule has 1 aromatic rings. The first kappa shape index (κ1) is 26.9. The van der Waals surface area contributed by atoms with Gasteiger partial charge in [-0.25, -0.2) is 4.79 Å². The number of aliphatic hydroxyl groups excluding tert-OH is 1. The van der Waals surface area contributed by atoms with Crippen LogP contribution in [-0.2, 0) is 23.4 Å². The van der Waals surface area contributed by atoms with Crippen molar-refractivity contribution in [3.8, 4) is 12.3 Å². The van der Waals surface area contributed by atoms with Crippen molar-refractivity contribution in [2.45, 2.75) is 62.4 Å². The van der Waals surface area contributed by atoms with Gasteiger partial charge in [0.05, 0.1) is 17.7 Å². The molecule has 1 aliphatic rings. The van der Waals surface area contributed by atoms with Gasteiger partial charge in [0.25, 0.3) is 5.56 Å². The van der Waals surface area contributed by atoms with Gasteiger partial charge in [0, 0.05) is 0 Å². The van der Waals surface area contributed by atoms with Crippen LogP contribution >= 0.6 is 8.18 Å². The summed E-state index contributed by atoms with van der Waals surface area (Å²) in [4.78, 5) is 36.8. The summed E-state index contributed by atoms with van der Waals surface area (Å²) < 4.78 is 41.6. The van der Waals surface area contributed by atoms with Crippen molar-refractivity contribution in [2.24, 2.45) is 0 Å². The van der Waals surface area contributed by atoms with Crippen LogP contribution in [0.25, 0.3) is 0 Å². The van der Waals surface area contributed by atoms with Gasteiger partial charge in [-0.2, -0.15) is 4.39 Å². The van der Waals surface area contributed by atoms with E-state index >= 15 is 0 Å². The van der Waals surface area contributed by atoms with E-state index in [1.54, 1.807) is 18.8 Å². The lowest BCUT2D eigenvalue weighted by Gasteiger charge is -2.29. The third-order valence-corrected chi connectivity index (χ3v) is 5.57. The largest absolute Gasteiger partial charge is 0.612 e. The molecule has 1 aliphatic heterocycles. The lowest BCUT2D eigenvalue weighted by Crippen LogP contribution is -2.55. The lowest BCUT2D eigenvalue weighted by molar-refractivity contribution is -0.149. The minimum Gasteiger partial charge on any atom is -0.462 e. The van der Waals surface area contributed by atoms with Gasteiger partial charge in [0.2, 0.25) is 5.82 Å². The summed E-state index contributed by atoms with van der Waals surface area (Å²) >= 11 is 0. The molecular formula is C17H20B2FN3O9P+. The zero-order valence-corrected chi connectivity index (χ0v) is 18.6. The van der Waals surface area contributed by atoms with Crippen LogP contribution in [0.3, 0.4) is 0 Å². The standard InChI is InChI=1S/C17H19B2FN3O9P/c1-5-16(28)10(24)11(31-14(16)23-6-9(20)12(25)21-15(23)27)17(18,19)32-33(29)22-8(4)13(26)30-7(2)3/h1,6-8,10-11,14,24,28H,2-4H3,(H-,21,22,25,27,29)/p+1/t8-,10?,11?,14+,16+/m0/s1. The van der Waals surface area contributed by atoms with Crippen LogP contribution in [0.4, 0.5) is 4.39 Å². The number of esters is 1. The molecule has 6 atom stereocenters. The third kappa shape index (κ3) is 5.60. The average Bonchev–Trinajstić information content (AvgIpc) is 2.96. The summed E-state index contributed by atoms with van der Waals surface area (Å²) in [6, 6.07) is -1.11. The number of halogens is 1. The summed E-state index contributed by atoms with van der Waals surface area (Å²) in [6.07, 6.45) is -0.816. The van der Waals surface area contributed by atoms with Gasteiger partial charge < -0.3 is 19.7 Å². The molecule has 0 bridgehead atoms. The second-order valence-electron chi connectivity index (χ2n) is 7.51. The van der Waals surface area contributed by atoms with Crippen molar-refractivity contribution in [1.82, 2.24) is 14.6 Å². The van der Waals surface area contributed by atoms with E-state index in [2.05, 4.69) is 5.09 Å². The maximum Gasteiger partial charge on any atom is 0.612 e. The molecule has 0 saturated carbocycles. The van der Waals surface area contributed by atoms with Gasteiger partial charge >= 0.3 is 19.8 Å². The highest BCUT2D eigenvalue weighted by atomic mass is 31.1. The first-order valence-corrected chi connectivity index (χ1v) is 10.6. The summed E-state index contributed by atoms with van der Waals surface area (Å²) in [5.41, 5.74) is -5.29. The topological polar surface area (TPSA) is 169 Å². The fourth-order valence-corrected chi connectivity index (χ4v) is 3.75. The number of aliphatic hydroxyl groups is 2. The van der Waals surface area contributed by atoms with Gasteiger partial charge in [0.1, 0.15) is 33.9 Å².